The summed E-state index contributed by atoms with van der Waals surface area (Å²) in [4.78, 5) is 19.1. The summed E-state index contributed by atoms with van der Waals surface area (Å²) in [5, 5.41) is 4.04. The topological polar surface area (TPSA) is 63.6 Å². The summed E-state index contributed by atoms with van der Waals surface area (Å²) < 4.78 is 0. The van der Waals surface area contributed by atoms with Crippen LogP contribution in [0.15, 0.2) is 42.6 Å². The number of hydrogen-bond donors (Lipinski definition) is 1. The summed E-state index contributed by atoms with van der Waals surface area (Å²) in [5.74, 6) is 0.790. The first-order chi connectivity index (χ1) is 12.1. The minimum absolute atomic E-state index is 0.788. The van der Waals surface area contributed by atoms with E-state index < -0.39 is 0 Å². The molecule has 0 spiro atoms. The standard InChI is InChI=1S/C19H17N5S/c1-11-8-9-20-17(10-11)24-19-23-16-7-6-15(22-18(16)25-19)14-5-4-12(2)21-13(14)3/h4-10H,1-3H3,(H,20,23,24). The van der Waals surface area contributed by atoms with Gasteiger partial charge in [0.25, 0.3) is 0 Å². The quantitative estimate of drug-likeness (QED) is 0.576. The molecule has 0 aliphatic carbocycles. The molecule has 0 unspecified atom stereocenters. The smallest absolute Gasteiger partial charge is 0.190 e. The van der Waals surface area contributed by atoms with E-state index in [1.54, 1.807) is 6.20 Å². The third kappa shape index (κ3) is 3.21. The van der Waals surface area contributed by atoms with Crippen molar-refractivity contribution in [3.05, 3.63) is 59.5 Å². The van der Waals surface area contributed by atoms with Gasteiger partial charge in [-0.15, -0.1) is 0 Å². The van der Waals surface area contributed by atoms with Gasteiger partial charge in [-0.3, -0.25) is 4.98 Å². The maximum atomic E-state index is 4.77. The molecule has 124 valence electrons. The van der Waals surface area contributed by atoms with Gasteiger partial charge in [0.15, 0.2) is 5.13 Å². The van der Waals surface area contributed by atoms with Crippen LogP contribution in [0.1, 0.15) is 17.0 Å². The molecule has 0 aliphatic heterocycles. The van der Waals surface area contributed by atoms with E-state index in [9.17, 15) is 0 Å². The first kappa shape index (κ1) is 15.7. The van der Waals surface area contributed by atoms with E-state index in [1.807, 2.05) is 51.1 Å². The van der Waals surface area contributed by atoms with Crippen molar-refractivity contribution in [1.82, 2.24) is 19.9 Å². The minimum Gasteiger partial charge on any atom is -0.316 e. The van der Waals surface area contributed by atoms with Gasteiger partial charge >= 0.3 is 0 Å². The molecule has 0 saturated carbocycles. The molecule has 4 aromatic heterocycles. The average molecular weight is 347 g/mol. The Labute approximate surface area is 149 Å². The van der Waals surface area contributed by atoms with Gasteiger partial charge in [0.2, 0.25) is 0 Å². The molecule has 0 amide bonds. The van der Waals surface area contributed by atoms with Gasteiger partial charge in [-0.2, -0.15) is 0 Å². The Morgan fingerprint density at radius 1 is 0.920 bits per heavy atom. The van der Waals surface area contributed by atoms with Crippen LogP contribution in [0.3, 0.4) is 0 Å². The van der Waals surface area contributed by atoms with Gasteiger partial charge in [0.1, 0.15) is 16.2 Å². The summed E-state index contributed by atoms with van der Waals surface area (Å²) in [7, 11) is 0. The lowest BCUT2D eigenvalue weighted by Crippen LogP contribution is -1.92. The number of hydrogen-bond acceptors (Lipinski definition) is 6. The fourth-order valence-corrected chi connectivity index (χ4v) is 3.54. The number of pyridine rings is 3. The number of anilines is 2. The first-order valence-corrected chi connectivity index (χ1v) is 8.82. The number of thiazole rings is 1. The normalized spacial score (nSPS) is 11.0. The highest BCUT2D eigenvalue weighted by Crippen LogP contribution is 2.29. The SMILES string of the molecule is Cc1ccnc(Nc2nc3ccc(-c4ccc(C)nc4C)nc3s2)c1. The molecule has 0 aliphatic rings. The molecule has 0 bridgehead atoms. The third-order valence-corrected chi connectivity index (χ3v) is 4.79. The second kappa shape index (κ2) is 6.22. The highest BCUT2D eigenvalue weighted by atomic mass is 32.1. The number of aromatic nitrogens is 4. The molecule has 0 atom stereocenters. The van der Waals surface area contributed by atoms with Gasteiger partial charge in [-0.25, -0.2) is 15.0 Å². The number of nitrogens with one attached hydrogen (secondary N) is 1. The van der Waals surface area contributed by atoms with Crippen LogP contribution in [0.4, 0.5) is 10.9 Å². The molecule has 25 heavy (non-hydrogen) atoms. The van der Waals surface area contributed by atoms with E-state index in [4.69, 9.17) is 4.98 Å². The van der Waals surface area contributed by atoms with E-state index >= 15 is 0 Å². The van der Waals surface area contributed by atoms with Gasteiger partial charge in [-0.1, -0.05) is 11.3 Å². The molecule has 0 saturated heterocycles. The van der Waals surface area contributed by atoms with E-state index in [1.165, 1.54) is 11.3 Å². The molecular formula is C19H17N5S. The highest BCUT2D eigenvalue weighted by Gasteiger charge is 2.10. The van der Waals surface area contributed by atoms with E-state index in [2.05, 4.69) is 26.3 Å². The zero-order valence-corrected chi connectivity index (χ0v) is 15.1. The monoisotopic (exact) mass is 347 g/mol. The molecule has 0 radical (unpaired) electrons. The lowest BCUT2D eigenvalue weighted by atomic mass is 10.1. The predicted molar refractivity (Wildman–Crippen MR) is 102 cm³/mol. The van der Waals surface area contributed by atoms with Crippen molar-refractivity contribution in [3.8, 4) is 11.3 Å². The molecule has 4 rings (SSSR count). The number of fused-ring (bicyclic) bond motifs is 1. The molecule has 0 aromatic carbocycles. The van der Waals surface area contributed by atoms with Crippen molar-refractivity contribution < 1.29 is 0 Å². The number of nitrogens with zero attached hydrogens (tertiary/aromatic N) is 4. The van der Waals surface area contributed by atoms with Crippen LogP contribution in [0.2, 0.25) is 0 Å². The molecule has 6 heteroatoms. The van der Waals surface area contributed by atoms with Crippen molar-refractivity contribution in [1.29, 1.82) is 0 Å². The Morgan fingerprint density at radius 2 is 1.80 bits per heavy atom. The Bertz CT molecular complexity index is 1070. The maximum Gasteiger partial charge on any atom is 0.190 e. The van der Waals surface area contributed by atoms with Crippen LogP contribution in [-0.2, 0) is 0 Å². The van der Waals surface area contributed by atoms with Gasteiger partial charge < -0.3 is 5.32 Å². The van der Waals surface area contributed by atoms with Crippen molar-refractivity contribution in [3.63, 3.8) is 0 Å². The second-order valence-electron chi connectivity index (χ2n) is 5.97. The van der Waals surface area contributed by atoms with Crippen LogP contribution in [0.5, 0.6) is 0 Å². The Hall–Kier alpha value is -2.86. The fourth-order valence-electron chi connectivity index (χ4n) is 2.69. The van der Waals surface area contributed by atoms with Crippen molar-refractivity contribution in [2.45, 2.75) is 20.8 Å². The van der Waals surface area contributed by atoms with E-state index in [-0.39, 0.29) is 0 Å². The van der Waals surface area contributed by atoms with Crippen LogP contribution in [0.25, 0.3) is 21.6 Å². The van der Waals surface area contributed by atoms with Gasteiger partial charge in [0, 0.05) is 23.1 Å². The van der Waals surface area contributed by atoms with Crippen LogP contribution < -0.4 is 5.32 Å². The molecule has 5 nitrogen and oxygen atoms in total. The minimum atomic E-state index is 0.788. The summed E-state index contributed by atoms with van der Waals surface area (Å²) in [6, 6.07) is 12.0. The van der Waals surface area contributed by atoms with Crippen LogP contribution in [0, 0.1) is 20.8 Å². The van der Waals surface area contributed by atoms with E-state index in [0.29, 0.717) is 0 Å². The summed E-state index contributed by atoms with van der Waals surface area (Å²) in [6.07, 6.45) is 1.79. The van der Waals surface area contributed by atoms with Crippen molar-refractivity contribution in [2.24, 2.45) is 0 Å². The Kier molecular flexibility index (Phi) is 3.89. The number of rotatable bonds is 3. The predicted octanol–water partition coefficient (Wildman–Crippen LogP) is 4.82. The van der Waals surface area contributed by atoms with Gasteiger partial charge in [0.05, 0.1) is 5.69 Å². The molecular weight excluding hydrogens is 330 g/mol. The second-order valence-corrected chi connectivity index (χ2v) is 6.95. The lowest BCUT2D eigenvalue weighted by molar-refractivity contribution is 1.12. The first-order valence-electron chi connectivity index (χ1n) is 8.00. The highest BCUT2D eigenvalue weighted by molar-refractivity contribution is 7.21. The van der Waals surface area contributed by atoms with Crippen LogP contribution >= 0.6 is 11.3 Å². The third-order valence-electron chi connectivity index (χ3n) is 3.91. The summed E-state index contributed by atoms with van der Waals surface area (Å²) in [5.41, 5.74) is 6.00. The van der Waals surface area contributed by atoms with Crippen molar-refractivity contribution >= 4 is 32.6 Å². The fraction of sp³-hybridized carbons (Fsp3) is 0.158. The maximum absolute atomic E-state index is 4.77. The Morgan fingerprint density at radius 3 is 2.60 bits per heavy atom. The summed E-state index contributed by atoms with van der Waals surface area (Å²) >= 11 is 1.52. The zero-order valence-electron chi connectivity index (χ0n) is 14.2. The largest absolute Gasteiger partial charge is 0.316 e. The van der Waals surface area contributed by atoms with Crippen molar-refractivity contribution in [2.75, 3.05) is 5.32 Å². The molecule has 4 heterocycles. The van der Waals surface area contributed by atoms with Crippen LogP contribution in [-0.4, -0.2) is 19.9 Å². The molecule has 4 aromatic rings. The molecule has 1 N–H and O–H groups in total. The van der Waals surface area contributed by atoms with E-state index in [0.717, 1.165) is 49.5 Å². The number of aryl methyl sites for hydroxylation is 3. The zero-order chi connectivity index (χ0) is 17.4. The lowest BCUT2D eigenvalue weighted by Gasteiger charge is -2.05. The molecule has 0 fully saturated rings. The van der Waals surface area contributed by atoms with Gasteiger partial charge in [-0.05, 0) is 62.7 Å². The summed E-state index contributed by atoms with van der Waals surface area (Å²) in [6.45, 7) is 6.04. The Balaban J connectivity index is 1.69. The average Bonchev–Trinajstić information content (AvgIpc) is 2.96.